The van der Waals surface area contributed by atoms with E-state index >= 15 is 0 Å². The quantitative estimate of drug-likeness (QED) is 0.634. The van der Waals surface area contributed by atoms with E-state index in [1.807, 2.05) is 0 Å². The zero-order chi connectivity index (χ0) is 13.8. The van der Waals surface area contributed by atoms with Crippen LogP contribution in [0.2, 0.25) is 0 Å². The zero-order valence-corrected chi connectivity index (χ0v) is 12.2. The molecule has 0 aliphatic rings. The Balaban J connectivity index is 2.87. The van der Waals surface area contributed by atoms with Crippen molar-refractivity contribution < 1.29 is 28.0 Å². The van der Waals surface area contributed by atoms with Gasteiger partial charge in [0.2, 0.25) is 0 Å². The lowest BCUT2D eigenvalue weighted by Crippen LogP contribution is -2.08. The molecule has 1 aromatic rings. The van der Waals surface area contributed by atoms with Gasteiger partial charge < -0.3 is 18.8 Å². The molecule has 0 aliphatic heterocycles. The highest BCUT2D eigenvalue weighted by Crippen LogP contribution is 2.45. The van der Waals surface area contributed by atoms with Gasteiger partial charge in [0, 0.05) is 6.07 Å². The molecule has 6 nitrogen and oxygen atoms in total. The van der Waals surface area contributed by atoms with Crippen molar-refractivity contribution in [1.29, 1.82) is 0 Å². The van der Waals surface area contributed by atoms with Gasteiger partial charge in [-0.3, -0.25) is 4.57 Å². The van der Waals surface area contributed by atoms with Crippen molar-refractivity contribution in [3.8, 4) is 11.5 Å². The predicted octanol–water partition coefficient (Wildman–Crippen LogP) is 2.58. The van der Waals surface area contributed by atoms with Crippen LogP contribution < -0.4 is 13.9 Å². The Morgan fingerprint density at radius 2 is 1.72 bits per heavy atom. The second-order valence-electron chi connectivity index (χ2n) is 3.14. The van der Waals surface area contributed by atoms with Crippen LogP contribution in [0.15, 0.2) is 24.3 Å². The highest BCUT2D eigenvalue weighted by Gasteiger charge is 2.19. The van der Waals surface area contributed by atoms with E-state index in [9.17, 15) is 14.0 Å². The maximum Gasteiger partial charge on any atom is 0.391 e. The number of halogens is 2. The second-order valence-corrected chi connectivity index (χ2v) is 7.92. The summed E-state index contributed by atoms with van der Waals surface area (Å²) in [6, 6.07) is 5.24. The van der Waals surface area contributed by atoms with E-state index < -0.39 is 26.4 Å². The number of benzene rings is 1. The molecule has 102 valence electrons. The monoisotopic (exact) mass is 333 g/mol. The molecule has 0 fully saturated rings. The van der Waals surface area contributed by atoms with Crippen LogP contribution >= 0.6 is 38.4 Å². The maximum absolute atomic E-state index is 11.2. The van der Waals surface area contributed by atoms with E-state index in [2.05, 4.69) is 4.52 Å². The Labute approximate surface area is 114 Å². The topological polar surface area (TPSA) is 95.9 Å². The summed E-state index contributed by atoms with van der Waals surface area (Å²) < 4.78 is 31.7. The SMILES string of the molecule is O=P([O-])(CCl)Oc1cccc(OP(=O)(O)CCl)c1. The van der Waals surface area contributed by atoms with E-state index in [0.717, 1.165) is 6.07 Å². The molecular formula is C8H9Cl2O6P2-. The molecule has 0 aromatic heterocycles. The van der Waals surface area contributed by atoms with Crippen molar-refractivity contribution in [3.05, 3.63) is 24.3 Å². The lowest BCUT2D eigenvalue weighted by molar-refractivity contribution is -0.189. The molecule has 0 radical (unpaired) electrons. The molecule has 10 heteroatoms. The third-order valence-corrected chi connectivity index (χ3v) is 4.96. The van der Waals surface area contributed by atoms with Crippen LogP contribution in [0.25, 0.3) is 0 Å². The van der Waals surface area contributed by atoms with Crippen molar-refractivity contribution in [3.63, 3.8) is 0 Å². The molecule has 0 aliphatic carbocycles. The van der Waals surface area contributed by atoms with Gasteiger partial charge in [0.05, 0.1) is 5.62 Å². The molecule has 0 bridgehead atoms. The fraction of sp³-hybridized carbons (Fsp3) is 0.250. The van der Waals surface area contributed by atoms with Crippen LogP contribution in [0.4, 0.5) is 0 Å². The summed E-state index contributed by atoms with van der Waals surface area (Å²) >= 11 is 10.4. The van der Waals surface area contributed by atoms with E-state index in [-0.39, 0.29) is 11.5 Å². The van der Waals surface area contributed by atoms with Crippen LogP contribution in [0.3, 0.4) is 0 Å². The van der Waals surface area contributed by atoms with Crippen molar-refractivity contribution in [2.45, 2.75) is 0 Å². The normalized spacial score (nSPS) is 17.6. The highest BCUT2D eigenvalue weighted by atomic mass is 35.5. The second kappa shape index (κ2) is 6.29. The molecule has 0 heterocycles. The fourth-order valence-corrected chi connectivity index (χ4v) is 2.23. The molecule has 2 atom stereocenters. The van der Waals surface area contributed by atoms with Gasteiger partial charge in [-0.1, -0.05) is 6.07 Å². The summed E-state index contributed by atoms with van der Waals surface area (Å²) in [4.78, 5) is 20.3. The lowest BCUT2D eigenvalue weighted by atomic mass is 10.3. The van der Waals surface area contributed by atoms with Crippen LogP contribution in [0, 0.1) is 0 Å². The summed E-state index contributed by atoms with van der Waals surface area (Å²) in [6.45, 7) is 0. The van der Waals surface area contributed by atoms with Crippen molar-refractivity contribution in [2.75, 3.05) is 11.2 Å². The van der Waals surface area contributed by atoms with Gasteiger partial charge in [-0.2, -0.15) is 0 Å². The Morgan fingerprint density at radius 3 is 2.22 bits per heavy atom. The summed E-state index contributed by atoms with van der Waals surface area (Å²) in [5.74, 6) is -0.102. The van der Waals surface area contributed by atoms with Gasteiger partial charge in [-0.05, 0) is 12.1 Å². The average molecular weight is 334 g/mol. The smallest absolute Gasteiger partial charge is 0.391 e. The largest absolute Gasteiger partial charge is 0.768 e. The van der Waals surface area contributed by atoms with Crippen LogP contribution in [0.1, 0.15) is 0 Å². The van der Waals surface area contributed by atoms with Crippen LogP contribution in [-0.2, 0) is 9.13 Å². The summed E-state index contributed by atoms with van der Waals surface area (Å²) in [7, 11) is -8.11. The van der Waals surface area contributed by atoms with E-state index in [0.29, 0.717) is 0 Å². The van der Waals surface area contributed by atoms with Gasteiger partial charge in [0.25, 0.3) is 0 Å². The summed E-state index contributed by atoms with van der Waals surface area (Å²) in [5.41, 5.74) is -1.27. The molecular weight excluding hydrogens is 325 g/mol. The summed E-state index contributed by atoms with van der Waals surface area (Å²) in [5, 5.41) is 0. The molecule has 0 saturated heterocycles. The molecule has 0 amide bonds. The number of hydrogen-bond donors (Lipinski definition) is 1. The molecule has 2 unspecified atom stereocenters. The average Bonchev–Trinajstić information content (AvgIpc) is 2.28. The van der Waals surface area contributed by atoms with Crippen molar-refractivity contribution >= 4 is 38.4 Å². The molecule has 18 heavy (non-hydrogen) atoms. The van der Waals surface area contributed by atoms with Gasteiger partial charge >= 0.3 is 7.60 Å². The molecule has 1 N–H and O–H groups in total. The van der Waals surface area contributed by atoms with Gasteiger partial charge in [0.1, 0.15) is 17.1 Å². The van der Waals surface area contributed by atoms with E-state index in [1.165, 1.54) is 18.2 Å². The zero-order valence-electron chi connectivity index (χ0n) is 8.86. The number of alkyl halides is 2. The first-order valence-electron chi connectivity index (χ1n) is 4.51. The summed E-state index contributed by atoms with van der Waals surface area (Å²) in [6.07, 6.45) is 0. The third-order valence-electron chi connectivity index (χ3n) is 1.60. The Kier molecular flexibility index (Phi) is 5.53. The first kappa shape index (κ1) is 15.8. The van der Waals surface area contributed by atoms with Crippen LogP contribution in [-0.4, -0.2) is 16.1 Å². The maximum atomic E-state index is 11.2. The molecule has 0 saturated carbocycles. The fourth-order valence-electron chi connectivity index (χ4n) is 0.962. The van der Waals surface area contributed by atoms with Crippen molar-refractivity contribution in [2.24, 2.45) is 0 Å². The number of rotatable bonds is 6. The highest BCUT2D eigenvalue weighted by molar-refractivity contribution is 7.55. The first-order valence-corrected chi connectivity index (χ1v) is 9.07. The van der Waals surface area contributed by atoms with E-state index in [4.69, 9.17) is 32.6 Å². The third kappa shape index (κ3) is 5.19. The minimum Gasteiger partial charge on any atom is -0.768 e. The Bertz CT molecular complexity index is 467. The Hall–Kier alpha value is -0.220. The lowest BCUT2D eigenvalue weighted by Gasteiger charge is -2.21. The van der Waals surface area contributed by atoms with Gasteiger partial charge in [-0.15, -0.1) is 23.2 Å². The van der Waals surface area contributed by atoms with Gasteiger partial charge in [0.15, 0.2) is 7.60 Å². The number of hydrogen-bond acceptors (Lipinski definition) is 5. The molecule has 0 spiro atoms. The van der Waals surface area contributed by atoms with E-state index in [1.54, 1.807) is 0 Å². The predicted molar refractivity (Wildman–Crippen MR) is 66.6 cm³/mol. The van der Waals surface area contributed by atoms with Crippen LogP contribution in [0.5, 0.6) is 11.5 Å². The van der Waals surface area contributed by atoms with Crippen molar-refractivity contribution in [1.82, 2.24) is 0 Å². The Morgan fingerprint density at radius 1 is 1.17 bits per heavy atom. The first-order chi connectivity index (χ1) is 8.28. The minimum atomic E-state index is -4.17. The minimum absolute atomic E-state index is 0.0337. The standard InChI is InChI=1S/C8H10Cl2O6P2/c9-5-17(11,12)15-7-2-1-3-8(4-7)16-18(13,14)6-10/h1-4H,5-6H2,(H,11,12)(H,13,14)/p-1. The van der Waals surface area contributed by atoms with Gasteiger partial charge in [-0.25, -0.2) is 4.57 Å². The molecule has 1 rings (SSSR count). The molecule has 1 aromatic carbocycles.